The number of anilines is 3. The highest BCUT2D eigenvalue weighted by atomic mass is 15.1. The van der Waals surface area contributed by atoms with Gasteiger partial charge in [0.05, 0.1) is 16.6 Å². The molecule has 0 N–H and O–H groups in total. The van der Waals surface area contributed by atoms with Crippen LogP contribution in [0.3, 0.4) is 0 Å². The molecule has 12 aromatic rings. The van der Waals surface area contributed by atoms with Crippen LogP contribution in [0, 0.1) is 0 Å². The number of rotatable bonds is 8. The van der Waals surface area contributed by atoms with Gasteiger partial charge in [0.25, 0.3) is 0 Å². The van der Waals surface area contributed by atoms with Gasteiger partial charge in [0.1, 0.15) is 0 Å². The van der Waals surface area contributed by atoms with Gasteiger partial charge in [-0.3, -0.25) is 0 Å². The molecule has 0 radical (unpaired) electrons. The summed E-state index contributed by atoms with van der Waals surface area (Å²) < 4.78 is 2.52. The molecule has 0 saturated heterocycles. The summed E-state index contributed by atoms with van der Waals surface area (Å²) in [6, 6.07) is 103. The highest BCUT2D eigenvalue weighted by Crippen LogP contribution is 2.64. The molecule has 71 heavy (non-hydrogen) atoms. The molecule has 2 heteroatoms. The SMILES string of the molecule is c1ccc(-c2ccc(N(c3ccc(-c4ccccc4)cc3)c3ccc4c(c3)C3(c5ccccc5-c5ccccc53)c3cc(-n5c(-c6ccccc6)c(-c6ccccc6)c6ccccc65)ccc3-4)cc2)cc1. The van der Waals surface area contributed by atoms with Crippen LogP contribution in [0.2, 0.25) is 0 Å². The smallest absolute Gasteiger partial charge is 0.0727 e. The van der Waals surface area contributed by atoms with E-state index in [-0.39, 0.29) is 0 Å². The van der Waals surface area contributed by atoms with Gasteiger partial charge in [0.15, 0.2) is 0 Å². The van der Waals surface area contributed by atoms with Gasteiger partial charge in [-0.2, -0.15) is 0 Å². The number of fused-ring (bicyclic) bond motifs is 11. The van der Waals surface area contributed by atoms with Crippen LogP contribution in [-0.2, 0) is 5.41 Å². The summed E-state index contributed by atoms with van der Waals surface area (Å²) in [5.41, 5.74) is 24.9. The molecule has 0 atom stereocenters. The number of nitrogens with zero attached hydrogens (tertiary/aromatic N) is 2. The Morgan fingerprint density at radius 1 is 0.282 bits per heavy atom. The van der Waals surface area contributed by atoms with Crippen LogP contribution < -0.4 is 4.90 Å². The fourth-order valence-corrected chi connectivity index (χ4v) is 12.0. The van der Waals surface area contributed by atoms with E-state index >= 15 is 0 Å². The second-order valence-corrected chi connectivity index (χ2v) is 18.8. The predicted octanol–water partition coefficient (Wildman–Crippen LogP) is 18.1. The first-order valence-electron chi connectivity index (χ1n) is 24.6. The second kappa shape index (κ2) is 16.5. The Labute approximate surface area is 414 Å². The first kappa shape index (κ1) is 40.8. The maximum Gasteiger partial charge on any atom is 0.0727 e. The standard InChI is InChI=1S/C69H46N2/c1-5-19-47(20-6-1)49-33-37-53(38-34-49)70(54-39-35-50(36-40-54)48-21-7-2-8-22-48)55-41-43-59-60-44-42-56(46-65(60)69(64(59)45-55)62-30-16-13-27-57(62)58-28-14-17-31-63(58)69)71-66-32-18-15-29-61(66)67(51-23-9-3-10-24-51)68(71)52-25-11-4-12-26-52/h1-46H. The highest BCUT2D eigenvalue weighted by Gasteiger charge is 2.52. The van der Waals surface area contributed by atoms with Crippen molar-refractivity contribution < 1.29 is 0 Å². The van der Waals surface area contributed by atoms with Gasteiger partial charge in [0, 0.05) is 33.7 Å². The average molecular weight is 903 g/mol. The van der Waals surface area contributed by atoms with E-state index in [0.29, 0.717) is 0 Å². The Kier molecular flexibility index (Phi) is 9.47. The number of hydrogen-bond acceptors (Lipinski definition) is 1. The van der Waals surface area contributed by atoms with Crippen molar-refractivity contribution in [2.75, 3.05) is 4.90 Å². The van der Waals surface area contributed by atoms with Gasteiger partial charge in [-0.05, 0) is 132 Å². The third-order valence-corrected chi connectivity index (χ3v) is 15.0. The number of para-hydroxylation sites is 1. The molecule has 2 nitrogen and oxygen atoms in total. The molecule has 1 spiro atoms. The fourth-order valence-electron chi connectivity index (χ4n) is 12.0. The summed E-state index contributed by atoms with van der Waals surface area (Å²) in [6.45, 7) is 0. The van der Waals surface area contributed by atoms with Crippen molar-refractivity contribution in [1.29, 1.82) is 0 Å². The Bertz CT molecular complexity index is 3820. The highest BCUT2D eigenvalue weighted by molar-refractivity contribution is 6.06. The molecule has 11 aromatic carbocycles. The number of benzene rings is 11. The molecule has 1 heterocycles. The predicted molar refractivity (Wildman–Crippen MR) is 296 cm³/mol. The lowest BCUT2D eigenvalue weighted by Crippen LogP contribution is -2.26. The Balaban J connectivity index is 1.01. The van der Waals surface area contributed by atoms with Crippen LogP contribution in [0.5, 0.6) is 0 Å². The van der Waals surface area contributed by atoms with Crippen LogP contribution in [0.1, 0.15) is 22.3 Å². The topological polar surface area (TPSA) is 8.17 Å². The van der Waals surface area contributed by atoms with Gasteiger partial charge in [-0.25, -0.2) is 0 Å². The largest absolute Gasteiger partial charge is 0.310 e. The zero-order chi connectivity index (χ0) is 46.9. The Morgan fingerprint density at radius 3 is 1.25 bits per heavy atom. The van der Waals surface area contributed by atoms with E-state index in [4.69, 9.17) is 0 Å². The molecule has 14 rings (SSSR count). The van der Waals surface area contributed by atoms with Crippen molar-refractivity contribution in [3.05, 3.63) is 301 Å². The third-order valence-electron chi connectivity index (χ3n) is 15.0. The molecule has 0 saturated carbocycles. The maximum atomic E-state index is 2.52. The average Bonchev–Trinajstić information content (AvgIpc) is 4.07. The zero-order valence-corrected chi connectivity index (χ0v) is 39.0. The zero-order valence-electron chi connectivity index (χ0n) is 39.0. The molecule has 2 aliphatic carbocycles. The van der Waals surface area contributed by atoms with Crippen LogP contribution in [-0.4, -0.2) is 4.57 Å². The second-order valence-electron chi connectivity index (χ2n) is 18.8. The summed E-state index contributed by atoms with van der Waals surface area (Å²) in [6.07, 6.45) is 0. The minimum absolute atomic E-state index is 0.595. The minimum Gasteiger partial charge on any atom is -0.310 e. The van der Waals surface area contributed by atoms with Crippen molar-refractivity contribution >= 4 is 28.0 Å². The van der Waals surface area contributed by atoms with Gasteiger partial charge in [-0.1, -0.05) is 224 Å². The van der Waals surface area contributed by atoms with Crippen molar-refractivity contribution in [2.45, 2.75) is 5.41 Å². The van der Waals surface area contributed by atoms with Crippen LogP contribution in [0.4, 0.5) is 17.1 Å². The third kappa shape index (κ3) is 6.35. The number of hydrogen-bond donors (Lipinski definition) is 0. The monoisotopic (exact) mass is 902 g/mol. The minimum atomic E-state index is -0.595. The quantitative estimate of drug-likeness (QED) is 0.147. The summed E-state index contributed by atoms with van der Waals surface area (Å²) in [4.78, 5) is 2.43. The molecule has 332 valence electrons. The lowest BCUT2D eigenvalue weighted by molar-refractivity contribution is 0.792. The van der Waals surface area contributed by atoms with Gasteiger partial charge in [0.2, 0.25) is 0 Å². The number of aromatic nitrogens is 1. The molecule has 1 aromatic heterocycles. The fraction of sp³-hybridized carbons (Fsp3) is 0.0145. The Morgan fingerprint density at radius 2 is 0.690 bits per heavy atom. The normalized spacial score (nSPS) is 12.6. The lowest BCUT2D eigenvalue weighted by Gasteiger charge is -2.32. The van der Waals surface area contributed by atoms with Crippen molar-refractivity contribution in [3.8, 4) is 72.6 Å². The molecule has 0 bridgehead atoms. The van der Waals surface area contributed by atoms with E-state index in [2.05, 4.69) is 289 Å². The summed E-state index contributed by atoms with van der Waals surface area (Å²) in [5, 5.41) is 1.23. The first-order chi connectivity index (χ1) is 35.2. The lowest BCUT2D eigenvalue weighted by atomic mass is 9.70. The van der Waals surface area contributed by atoms with Gasteiger partial charge < -0.3 is 9.47 Å². The van der Waals surface area contributed by atoms with E-state index < -0.39 is 5.41 Å². The molecular weight excluding hydrogens is 857 g/mol. The molecule has 0 amide bonds. The van der Waals surface area contributed by atoms with E-state index in [0.717, 1.165) is 22.7 Å². The molecule has 0 aliphatic heterocycles. The first-order valence-corrected chi connectivity index (χ1v) is 24.6. The summed E-state index contributed by atoms with van der Waals surface area (Å²) in [5.74, 6) is 0. The van der Waals surface area contributed by atoms with Crippen molar-refractivity contribution in [2.24, 2.45) is 0 Å². The molecule has 2 aliphatic rings. The van der Waals surface area contributed by atoms with Gasteiger partial charge >= 0.3 is 0 Å². The summed E-state index contributed by atoms with van der Waals surface area (Å²) in [7, 11) is 0. The maximum absolute atomic E-state index is 2.52. The Hall–Kier alpha value is -9.24. The van der Waals surface area contributed by atoms with E-state index in [1.54, 1.807) is 0 Å². The van der Waals surface area contributed by atoms with E-state index in [1.165, 1.54) is 100 Å². The van der Waals surface area contributed by atoms with Gasteiger partial charge in [-0.15, -0.1) is 0 Å². The molecule has 0 fully saturated rings. The van der Waals surface area contributed by atoms with Crippen molar-refractivity contribution in [3.63, 3.8) is 0 Å². The van der Waals surface area contributed by atoms with Crippen LogP contribution in [0.15, 0.2) is 279 Å². The molecule has 0 unspecified atom stereocenters. The summed E-state index contributed by atoms with van der Waals surface area (Å²) >= 11 is 0. The van der Waals surface area contributed by atoms with Crippen LogP contribution >= 0.6 is 0 Å². The van der Waals surface area contributed by atoms with E-state index in [9.17, 15) is 0 Å². The molecular formula is C69H46N2. The van der Waals surface area contributed by atoms with Crippen molar-refractivity contribution in [1.82, 2.24) is 4.57 Å². The van der Waals surface area contributed by atoms with Crippen LogP contribution in [0.25, 0.3) is 83.5 Å². The van der Waals surface area contributed by atoms with E-state index in [1.807, 2.05) is 0 Å².